The van der Waals surface area contributed by atoms with Crippen LogP contribution in [-0.4, -0.2) is 15.0 Å². The first-order valence-corrected chi connectivity index (χ1v) is 8.37. The first-order valence-electron chi connectivity index (χ1n) is 6.61. The molecule has 21 heavy (non-hydrogen) atoms. The highest BCUT2D eigenvalue weighted by atomic mass is 32.1. The summed E-state index contributed by atoms with van der Waals surface area (Å²) in [6.45, 7) is 6.49. The molecule has 0 aliphatic heterocycles. The zero-order valence-electron chi connectivity index (χ0n) is 12.1. The Bertz CT molecular complexity index is 725. The average Bonchev–Trinajstić information content (AvgIpc) is 3.09. The topological polar surface area (TPSA) is 50.7 Å². The molecule has 0 bridgehead atoms. The second kappa shape index (κ2) is 5.54. The highest BCUT2D eigenvalue weighted by Gasteiger charge is 2.17. The van der Waals surface area contributed by atoms with E-state index in [2.05, 4.69) is 46.4 Å². The van der Waals surface area contributed by atoms with E-state index in [1.807, 2.05) is 23.7 Å². The lowest BCUT2D eigenvalue weighted by Gasteiger charge is -2.14. The van der Waals surface area contributed by atoms with E-state index in [-0.39, 0.29) is 5.41 Å². The van der Waals surface area contributed by atoms with Crippen molar-refractivity contribution in [1.29, 1.82) is 0 Å². The third-order valence-corrected chi connectivity index (χ3v) is 4.46. The van der Waals surface area contributed by atoms with Gasteiger partial charge in [-0.3, -0.25) is 4.98 Å². The molecule has 3 heterocycles. The molecular weight excluding hydrogens is 300 g/mol. The number of anilines is 2. The molecule has 0 atom stereocenters. The Balaban J connectivity index is 1.77. The van der Waals surface area contributed by atoms with Gasteiger partial charge < -0.3 is 5.32 Å². The van der Waals surface area contributed by atoms with Gasteiger partial charge in [0.25, 0.3) is 0 Å². The molecule has 3 aromatic heterocycles. The van der Waals surface area contributed by atoms with Gasteiger partial charge in [0.2, 0.25) is 0 Å². The number of aromatic nitrogens is 3. The zero-order chi connectivity index (χ0) is 14.9. The fraction of sp³-hybridized carbons (Fsp3) is 0.267. The van der Waals surface area contributed by atoms with Gasteiger partial charge in [0.15, 0.2) is 10.3 Å². The summed E-state index contributed by atoms with van der Waals surface area (Å²) in [5.74, 6) is 0. The summed E-state index contributed by atoms with van der Waals surface area (Å²) in [6, 6.07) is 3.92. The van der Waals surface area contributed by atoms with Gasteiger partial charge in [-0.25, -0.2) is 9.97 Å². The quantitative estimate of drug-likeness (QED) is 0.760. The number of nitrogens with zero attached hydrogens (tertiary/aromatic N) is 3. The summed E-state index contributed by atoms with van der Waals surface area (Å²) < 4.78 is 0. The summed E-state index contributed by atoms with van der Waals surface area (Å²) in [6.07, 6.45) is 3.58. The zero-order valence-corrected chi connectivity index (χ0v) is 13.8. The summed E-state index contributed by atoms with van der Waals surface area (Å²) in [7, 11) is 0. The Hall–Kier alpha value is -1.79. The molecule has 0 radical (unpaired) electrons. The van der Waals surface area contributed by atoms with Crippen LogP contribution in [0.1, 0.15) is 26.5 Å². The first kappa shape index (κ1) is 14.2. The minimum Gasteiger partial charge on any atom is -0.307 e. The van der Waals surface area contributed by atoms with Crippen molar-refractivity contribution >= 4 is 32.9 Å². The maximum absolute atomic E-state index is 4.62. The van der Waals surface area contributed by atoms with Gasteiger partial charge in [-0.2, -0.15) is 0 Å². The van der Waals surface area contributed by atoms with Crippen LogP contribution in [-0.2, 0) is 5.41 Å². The normalized spacial score (nSPS) is 11.6. The second-order valence-electron chi connectivity index (χ2n) is 5.69. The first-order chi connectivity index (χ1) is 10.0. The fourth-order valence-corrected chi connectivity index (χ4v) is 3.46. The Morgan fingerprint density at radius 2 is 1.81 bits per heavy atom. The molecule has 0 saturated heterocycles. The van der Waals surface area contributed by atoms with E-state index in [0.29, 0.717) is 0 Å². The standard InChI is InChI=1S/C15H16N4S2/c1-15(2,3)12-9-21-14(18-12)19-13-17-11(8-20-13)10-5-4-6-16-7-10/h4-9H,1-3H3,(H,17,18,19). The van der Waals surface area contributed by atoms with Crippen LogP contribution in [0.25, 0.3) is 11.3 Å². The van der Waals surface area contributed by atoms with Gasteiger partial charge in [0, 0.05) is 34.1 Å². The highest BCUT2D eigenvalue weighted by Crippen LogP contribution is 2.30. The number of hydrogen-bond acceptors (Lipinski definition) is 6. The molecule has 0 aromatic carbocycles. The third-order valence-electron chi connectivity index (χ3n) is 2.95. The van der Waals surface area contributed by atoms with E-state index in [1.165, 1.54) is 0 Å². The number of hydrogen-bond donors (Lipinski definition) is 1. The minimum atomic E-state index is 0.0696. The van der Waals surface area contributed by atoms with E-state index in [4.69, 9.17) is 0 Å². The smallest absolute Gasteiger partial charge is 0.189 e. The molecule has 0 saturated carbocycles. The minimum absolute atomic E-state index is 0.0696. The summed E-state index contributed by atoms with van der Waals surface area (Å²) in [5.41, 5.74) is 3.12. The SMILES string of the molecule is CC(C)(C)c1csc(Nc2nc(-c3cccnc3)cs2)n1. The van der Waals surface area contributed by atoms with Crippen LogP contribution in [0, 0.1) is 0 Å². The molecule has 0 unspecified atom stereocenters. The van der Waals surface area contributed by atoms with Crippen LogP contribution in [0.5, 0.6) is 0 Å². The van der Waals surface area contributed by atoms with Crippen molar-refractivity contribution in [1.82, 2.24) is 15.0 Å². The van der Waals surface area contributed by atoms with Gasteiger partial charge in [-0.1, -0.05) is 20.8 Å². The maximum Gasteiger partial charge on any atom is 0.189 e. The van der Waals surface area contributed by atoms with Crippen LogP contribution < -0.4 is 5.32 Å². The van der Waals surface area contributed by atoms with Crippen molar-refractivity contribution in [2.24, 2.45) is 0 Å². The molecule has 0 aliphatic rings. The largest absolute Gasteiger partial charge is 0.307 e. The Kier molecular flexibility index (Phi) is 3.73. The van der Waals surface area contributed by atoms with Crippen molar-refractivity contribution in [3.63, 3.8) is 0 Å². The van der Waals surface area contributed by atoms with E-state index < -0.39 is 0 Å². The number of pyridine rings is 1. The molecule has 0 aliphatic carbocycles. The third kappa shape index (κ3) is 3.28. The van der Waals surface area contributed by atoms with Gasteiger partial charge in [0.05, 0.1) is 11.4 Å². The maximum atomic E-state index is 4.62. The molecule has 0 amide bonds. The molecule has 1 N–H and O–H groups in total. The Morgan fingerprint density at radius 3 is 2.48 bits per heavy atom. The number of rotatable bonds is 3. The van der Waals surface area contributed by atoms with E-state index in [1.54, 1.807) is 28.9 Å². The van der Waals surface area contributed by atoms with Crippen molar-refractivity contribution in [3.8, 4) is 11.3 Å². The van der Waals surface area contributed by atoms with Crippen LogP contribution in [0.4, 0.5) is 10.3 Å². The molecule has 3 aromatic rings. The van der Waals surface area contributed by atoms with Crippen molar-refractivity contribution in [2.75, 3.05) is 5.32 Å². The average molecular weight is 316 g/mol. The Labute approximate surface area is 131 Å². The van der Waals surface area contributed by atoms with Crippen molar-refractivity contribution in [2.45, 2.75) is 26.2 Å². The summed E-state index contributed by atoms with van der Waals surface area (Å²) in [5, 5.41) is 9.13. The molecule has 108 valence electrons. The summed E-state index contributed by atoms with van der Waals surface area (Å²) >= 11 is 3.18. The molecule has 3 rings (SSSR count). The van der Waals surface area contributed by atoms with Crippen molar-refractivity contribution < 1.29 is 0 Å². The molecular formula is C15H16N4S2. The van der Waals surface area contributed by atoms with Gasteiger partial charge in [0.1, 0.15) is 0 Å². The number of nitrogens with one attached hydrogen (secondary N) is 1. The van der Waals surface area contributed by atoms with Crippen molar-refractivity contribution in [3.05, 3.63) is 41.0 Å². The molecule has 6 heteroatoms. The van der Waals surface area contributed by atoms with Gasteiger partial charge in [-0.15, -0.1) is 22.7 Å². The lowest BCUT2D eigenvalue weighted by atomic mass is 9.93. The predicted octanol–water partition coefficient (Wildman–Crippen LogP) is 4.70. The number of thiazole rings is 2. The molecule has 4 nitrogen and oxygen atoms in total. The molecule has 0 spiro atoms. The Morgan fingerprint density at radius 1 is 1.05 bits per heavy atom. The van der Waals surface area contributed by atoms with Crippen LogP contribution >= 0.6 is 22.7 Å². The van der Waals surface area contributed by atoms with E-state index in [9.17, 15) is 0 Å². The van der Waals surface area contributed by atoms with E-state index >= 15 is 0 Å². The van der Waals surface area contributed by atoms with Crippen LogP contribution in [0.15, 0.2) is 35.3 Å². The van der Waals surface area contributed by atoms with E-state index in [0.717, 1.165) is 27.2 Å². The molecule has 0 fully saturated rings. The van der Waals surface area contributed by atoms with Crippen LogP contribution in [0.2, 0.25) is 0 Å². The monoisotopic (exact) mass is 316 g/mol. The van der Waals surface area contributed by atoms with Gasteiger partial charge in [-0.05, 0) is 12.1 Å². The van der Waals surface area contributed by atoms with Crippen LogP contribution in [0.3, 0.4) is 0 Å². The second-order valence-corrected chi connectivity index (χ2v) is 7.41. The lowest BCUT2D eigenvalue weighted by molar-refractivity contribution is 0.573. The highest BCUT2D eigenvalue weighted by molar-refractivity contribution is 7.16. The van der Waals surface area contributed by atoms with Gasteiger partial charge >= 0.3 is 0 Å². The predicted molar refractivity (Wildman–Crippen MR) is 89.4 cm³/mol. The summed E-state index contributed by atoms with van der Waals surface area (Å²) in [4.78, 5) is 13.3. The fourth-order valence-electron chi connectivity index (χ4n) is 1.75. The lowest BCUT2D eigenvalue weighted by Crippen LogP contribution is -2.11.